The van der Waals surface area contributed by atoms with Gasteiger partial charge in [-0.1, -0.05) is 26.5 Å². The van der Waals surface area contributed by atoms with E-state index in [0.29, 0.717) is 0 Å². The van der Waals surface area contributed by atoms with E-state index in [-0.39, 0.29) is 0 Å². The number of methoxy groups -OCH3 is 1. The number of ether oxygens (including phenoxy) is 1. The highest BCUT2D eigenvalue weighted by atomic mass is 16.5. The number of hydrogen-bond donors (Lipinski definition) is 0. The molecule has 2 rings (SSSR count). The third-order valence-corrected chi connectivity index (χ3v) is 2.39. The summed E-state index contributed by atoms with van der Waals surface area (Å²) >= 11 is 0. The summed E-state index contributed by atoms with van der Waals surface area (Å²) in [4.78, 5) is 8.00. The zero-order valence-corrected chi connectivity index (χ0v) is 10.4. The maximum atomic E-state index is 8.00. The van der Waals surface area contributed by atoms with Gasteiger partial charge in [0.1, 0.15) is 12.5 Å². The molecule has 1 aliphatic rings. The first-order valence-electron chi connectivity index (χ1n) is 5.45. The minimum atomic E-state index is 0.928. The van der Waals surface area contributed by atoms with Crippen molar-refractivity contribution in [3.63, 3.8) is 0 Å². The third-order valence-electron chi connectivity index (χ3n) is 2.39. The number of aryl methyl sites for hydroxylation is 1. The molecule has 0 radical (unpaired) electrons. The van der Waals surface area contributed by atoms with Crippen LogP contribution < -0.4 is 4.74 Å². The van der Waals surface area contributed by atoms with Crippen LogP contribution >= 0.6 is 0 Å². The zero-order valence-electron chi connectivity index (χ0n) is 10.4. The van der Waals surface area contributed by atoms with Crippen molar-refractivity contribution in [1.29, 1.82) is 0 Å². The molecule has 0 aliphatic heterocycles. The molecule has 0 N–H and O–H groups in total. The Morgan fingerprint density at radius 2 is 1.81 bits per heavy atom. The highest BCUT2D eigenvalue weighted by Crippen LogP contribution is 2.33. The fourth-order valence-corrected chi connectivity index (χ4v) is 1.65. The highest BCUT2D eigenvalue weighted by molar-refractivity contribution is 5.71. The molecule has 0 fully saturated rings. The van der Waals surface area contributed by atoms with Gasteiger partial charge in [0.05, 0.1) is 7.11 Å². The van der Waals surface area contributed by atoms with Crippen LogP contribution in [0.5, 0.6) is 5.75 Å². The number of benzene rings is 1. The number of fused-ring (bicyclic) bond motifs is 1. The number of rotatable bonds is 1. The minimum Gasteiger partial charge on any atom is -0.497 e. The highest BCUT2D eigenvalue weighted by Gasteiger charge is 2.14. The monoisotopic (exact) mass is 220 g/mol. The van der Waals surface area contributed by atoms with Crippen molar-refractivity contribution in [3.05, 3.63) is 35.9 Å². The van der Waals surface area contributed by atoms with Crippen LogP contribution in [0.4, 0.5) is 0 Å². The molecule has 0 bridgehead atoms. The second-order valence-electron chi connectivity index (χ2n) is 3.13. The van der Waals surface area contributed by atoms with Crippen LogP contribution in [0.1, 0.15) is 31.4 Å². The Labute approximate surface area is 97.9 Å². The van der Waals surface area contributed by atoms with E-state index in [4.69, 9.17) is 9.53 Å². The van der Waals surface area contributed by atoms with Gasteiger partial charge in [-0.05, 0) is 41.7 Å². The predicted molar refractivity (Wildman–Crippen MR) is 68.8 cm³/mol. The van der Waals surface area contributed by atoms with Crippen molar-refractivity contribution in [2.24, 2.45) is 0 Å². The lowest BCUT2D eigenvalue weighted by Crippen LogP contribution is -1.85. The SMILES string of the molecule is C=C1CCc2ccc(OC)cc21.C=O.CC. The van der Waals surface area contributed by atoms with E-state index in [1.54, 1.807) is 7.11 Å². The van der Waals surface area contributed by atoms with Crippen molar-refractivity contribution in [3.8, 4) is 5.75 Å². The Kier molecular flexibility index (Phi) is 6.93. The minimum absolute atomic E-state index is 0.928. The summed E-state index contributed by atoms with van der Waals surface area (Å²) in [6, 6.07) is 6.22. The molecular formula is C14H20O2. The van der Waals surface area contributed by atoms with Gasteiger partial charge in [-0.15, -0.1) is 0 Å². The van der Waals surface area contributed by atoms with Crippen LogP contribution in [-0.2, 0) is 11.2 Å². The fourth-order valence-electron chi connectivity index (χ4n) is 1.65. The van der Waals surface area contributed by atoms with E-state index < -0.39 is 0 Å². The van der Waals surface area contributed by atoms with Crippen molar-refractivity contribution in [2.75, 3.05) is 7.11 Å². The Morgan fingerprint density at radius 1 is 1.19 bits per heavy atom. The molecule has 88 valence electrons. The molecule has 0 aromatic heterocycles. The molecule has 16 heavy (non-hydrogen) atoms. The first-order chi connectivity index (χ1) is 7.81. The standard InChI is InChI=1S/C11H12O.C2H6.CH2O/c1-8-3-4-9-5-6-10(12-2)7-11(8)9;2*1-2/h5-7H,1,3-4H2,2H3;1-2H3;1H2. The predicted octanol–water partition coefficient (Wildman–Crippen LogP) is 3.50. The molecular weight excluding hydrogens is 200 g/mol. The van der Waals surface area contributed by atoms with Crippen LogP contribution in [0.25, 0.3) is 5.57 Å². The van der Waals surface area contributed by atoms with Gasteiger partial charge in [-0.3, -0.25) is 0 Å². The largest absolute Gasteiger partial charge is 0.497 e. The Hall–Kier alpha value is -1.57. The van der Waals surface area contributed by atoms with Gasteiger partial charge in [-0.2, -0.15) is 0 Å². The topological polar surface area (TPSA) is 26.3 Å². The molecule has 0 saturated heterocycles. The fraction of sp³-hybridized carbons (Fsp3) is 0.357. The van der Waals surface area contributed by atoms with Crippen LogP contribution in [0.3, 0.4) is 0 Å². The van der Waals surface area contributed by atoms with E-state index in [2.05, 4.69) is 18.7 Å². The van der Waals surface area contributed by atoms with Crippen molar-refractivity contribution in [1.82, 2.24) is 0 Å². The molecule has 2 nitrogen and oxygen atoms in total. The second-order valence-corrected chi connectivity index (χ2v) is 3.13. The van der Waals surface area contributed by atoms with E-state index in [9.17, 15) is 0 Å². The van der Waals surface area contributed by atoms with Crippen LogP contribution in [0.2, 0.25) is 0 Å². The maximum absolute atomic E-state index is 8.00. The molecule has 2 heteroatoms. The van der Waals surface area contributed by atoms with Gasteiger partial charge in [-0.25, -0.2) is 0 Å². The molecule has 0 atom stereocenters. The summed E-state index contributed by atoms with van der Waals surface area (Å²) in [7, 11) is 1.69. The normalized spacial score (nSPS) is 11.6. The molecule has 0 spiro atoms. The number of hydrogen-bond acceptors (Lipinski definition) is 2. The number of carbonyl (C=O) groups excluding carboxylic acids is 1. The average Bonchev–Trinajstić information content (AvgIpc) is 2.75. The Bertz CT molecular complexity index is 343. The summed E-state index contributed by atoms with van der Waals surface area (Å²) in [5, 5.41) is 0. The summed E-state index contributed by atoms with van der Waals surface area (Å²) in [6.45, 7) is 10.0. The Balaban J connectivity index is 0.000000509. The molecule has 1 aromatic carbocycles. The van der Waals surface area contributed by atoms with Crippen LogP contribution in [-0.4, -0.2) is 13.9 Å². The lowest BCUT2D eigenvalue weighted by Gasteiger charge is -2.03. The summed E-state index contributed by atoms with van der Waals surface area (Å²) in [5.41, 5.74) is 3.93. The van der Waals surface area contributed by atoms with Crippen LogP contribution in [0.15, 0.2) is 24.8 Å². The average molecular weight is 220 g/mol. The van der Waals surface area contributed by atoms with Gasteiger partial charge in [0.2, 0.25) is 0 Å². The summed E-state index contributed by atoms with van der Waals surface area (Å²) in [6.07, 6.45) is 2.24. The van der Waals surface area contributed by atoms with E-state index in [1.165, 1.54) is 16.7 Å². The van der Waals surface area contributed by atoms with Gasteiger partial charge >= 0.3 is 0 Å². The van der Waals surface area contributed by atoms with E-state index in [0.717, 1.165) is 18.6 Å². The lowest BCUT2D eigenvalue weighted by atomic mass is 10.1. The molecule has 0 unspecified atom stereocenters. The van der Waals surface area contributed by atoms with Crippen molar-refractivity contribution < 1.29 is 9.53 Å². The smallest absolute Gasteiger partial charge is 0.119 e. The zero-order chi connectivity index (χ0) is 12.6. The van der Waals surface area contributed by atoms with E-state index in [1.807, 2.05) is 26.7 Å². The number of carbonyl (C=O) groups is 1. The molecule has 0 saturated carbocycles. The van der Waals surface area contributed by atoms with Crippen molar-refractivity contribution >= 4 is 12.4 Å². The molecule has 0 amide bonds. The molecule has 1 aromatic rings. The first-order valence-corrected chi connectivity index (χ1v) is 5.45. The third kappa shape index (κ3) is 3.23. The second kappa shape index (κ2) is 7.69. The van der Waals surface area contributed by atoms with Gasteiger partial charge < -0.3 is 9.53 Å². The van der Waals surface area contributed by atoms with Crippen LogP contribution in [0, 0.1) is 0 Å². The van der Waals surface area contributed by atoms with Crippen molar-refractivity contribution in [2.45, 2.75) is 26.7 Å². The molecule has 1 aliphatic carbocycles. The van der Waals surface area contributed by atoms with E-state index >= 15 is 0 Å². The first kappa shape index (κ1) is 14.4. The quantitative estimate of drug-likeness (QED) is 0.724. The molecule has 0 heterocycles. The van der Waals surface area contributed by atoms with Gasteiger partial charge in [0.25, 0.3) is 0 Å². The number of allylic oxidation sites excluding steroid dienone is 1. The van der Waals surface area contributed by atoms with Gasteiger partial charge in [0.15, 0.2) is 0 Å². The Morgan fingerprint density at radius 3 is 2.38 bits per heavy atom. The lowest BCUT2D eigenvalue weighted by molar-refractivity contribution is -0.0979. The summed E-state index contributed by atoms with van der Waals surface area (Å²) in [5.74, 6) is 0.928. The summed E-state index contributed by atoms with van der Waals surface area (Å²) < 4.78 is 5.15. The maximum Gasteiger partial charge on any atom is 0.119 e. The van der Waals surface area contributed by atoms with Gasteiger partial charge in [0, 0.05) is 0 Å².